The summed E-state index contributed by atoms with van der Waals surface area (Å²) in [5.41, 5.74) is 0.310. The summed E-state index contributed by atoms with van der Waals surface area (Å²) in [6.45, 7) is 7.47. The van der Waals surface area contributed by atoms with Gasteiger partial charge in [-0.05, 0) is 55.2 Å². The van der Waals surface area contributed by atoms with E-state index in [4.69, 9.17) is 9.84 Å². The molecule has 3 unspecified atom stereocenters. The Hall–Kier alpha value is -4.21. The Labute approximate surface area is 239 Å². The lowest BCUT2D eigenvalue weighted by molar-refractivity contribution is -0.305. The highest BCUT2D eigenvalue weighted by molar-refractivity contribution is 5.94. The SMILES string of the molecule is C=C(CC(C#N)/C=C/OC(/C(=C/C=C(\C)OC(F)(F)F)CC)C(C)c1ccc(C(=O)NCCC(=O)O)cc1)C(F)(F)F. The number of allylic oxidation sites excluding steroid dienone is 5. The number of halogens is 6. The molecule has 13 heteroatoms. The van der Waals surface area contributed by atoms with Crippen LogP contribution in [0, 0.1) is 17.2 Å². The number of carboxylic acid groups (broad SMARTS) is 1. The highest BCUT2D eigenvalue weighted by Gasteiger charge is 2.33. The summed E-state index contributed by atoms with van der Waals surface area (Å²) < 4.78 is 86.1. The van der Waals surface area contributed by atoms with Gasteiger partial charge in [0, 0.05) is 23.6 Å². The monoisotopic (exact) mass is 602 g/mol. The Morgan fingerprint density at radius 1 is 1.14 bits per heavy atom. The van der Waals surface area contributed by atoms with Gasteiger partial charge in [0.1, 0.15) is 11.9 Å². The number of carbonyl (C=O) groups is 2. The van der Waals surface area contributed by atoms with Crippen molar-refractivity contribution in [2.45, 2.75) is 64.6 Å². The van der Waals surface area contributed by atoms with E-state index >= 15 is 0 Å². The predicted molar refractivity (Wildman–Crippen MR) is 142 cm³/mol. The number of alkyl halides is 6. The van der Waals surface area contributed by atoms with Gasteiger partial charge in [0.25, 0.3) is 5.91 Å². The number of nitrogens with one attached hydrogen (secondary N) is 1. The number of aliphatic carboxylic acids is 1. The quantitative estimate of drug-likeness (QED) is 0.0943. The van der Waals surface area contributed by atoms with E-state index in [1.807, 2.05) is 0 Å². The van der Waals surface area contributed by atoms with Gasteiger partial charge in [0.05, 0.1) is 24.7 Å². The number of amides is 1. The number of nitrogens with zero attached hydrogens (tertiary/aromatic N) is 1. The van der Waals surface area contributed by atoms with Gasteiger partial charge >= 0.3 is 18.5 Å². The zero-order valence-electron chi connectivity index (χ0n) is 23.2. The molecule has 0 aliphatic carbocycles. The zero-order valence-corrected chi connectivity index (χ0v) is 23.2. The minimum Gasteiger partial charge on any atom is -0.493 e. The molecule has 230 valence electrons. The Bertz CT molecular complexity index is 1210. The van der Waals surface area contributed by atoms with Gasteiger partial charge < -0.3 is 19.9 Å². The average Bonchev–Trinajstić information content (AvgIpc) is 2.89. The summed E-state index contributed by atoms with van der Waals surface area (Å²) in [6, 6.07) is 7.97. The molecule has 7 nitrogen and oxygen atoms in total. The van der Waals surface area contributed by atoms with Crippen LogP contribution in [-0.4, -0.2) is 42.2 Å². The van der Waals surface area contributed by atoms with Crippen molar-refractivity contribution < 1.29 is 50.5 Å². The molecule has 3 atom stereocenters. The molecule has 0 bridgehead atoms. The Morgan fingerprint density at radius 2 is 1.76 bits per heavy atom. The third-order valence-electron chi connectivity index (χ3n) is 5.93. The molecule has 0 spiro atoms. The van der Waals surface area contributed by atoms with E-state index in [0.29, 0.717) is 17.6 Å². The number of benzene rings is 1. The standard InChI is InChI=1S/C29H32F6N2O5/c1-5-22(7-6-19(3)42-29(33,34)35)26(41-15-13-21(17-36)16-18(2)28(30,31)32)20(4)23-8-10-24(11-9-23)27(40)37-14-12-25(38)39/h6-11,13,15,20-21,26H,2,5,12,14,16H2,1,3-4H3,(H,37,40)(H,38,39)/b15-13+,19-6+,22-7+. The zero-order chi connectivity index (χ0) is 32.1. The first-order valence-electron chi connectivity index (χ1n) is 12.7. The number of hydrogen-bond donors (Lipinski definition) is 2. The van der Waals surface area contributed by atoms with Crippen LogP contribution < -0.4 is 5.32 Å². The van der Waals surface area contributed by atoms with Crippen LogP contribution in [0.2, 0.25) is 0 Å². The fourth-order valence-electron chi connectivity index (χ4n) is 3.64. The van der Waals surface area contributed by atoms with E-state index < -0.39 is 60.1 Å². The molecule has 0 aliphatic heterocycles. The Kier molecular flexibility index (Phi) is 13.9. The van der Waals surface area contributed by atoms with E-state index in [9.17, 15) is 41.2 Å². The molecule has 0 saturated heterocycles. The summed E-state index contributed by atoms with van der Waals surface area (Å²) in [5.74, 6) is -3.70. The first-order chi connectivity index (χ1) is 19.5. The number of ether oxygens (including phenoxy) is 2. The van der Waals surface area contributed by atoms with Crippen molar-refractivity contribution in [3.63, 3.8) is 0 Å². The van der Waals surface area contributed by atoms with E-state index in [-0.39, 0.29) is 18.5 Å². The van der Waals surface area contributed by atoms with Crippen LogP contribution in [0.25, 0.3) is 0 Å². The van der Waals surface area contributed by atoms with Crippen molar-refractivity contribution in [2.24, 2.45) is 5.92 Å². The van der Waals surface area contributed by atoms with Crippen molar-refractivity contribution in [1.82, 2.24) is 5.32 Å². The van der Waals surface area contributed by atoms with Crippen LogP contribution in [-0.2, 0) is 14.3 Å². The number of nitriles is 1. The molecule has 0 heterocycles. The van der Waals surface area contributed by atoms with Crippen molar-refractivity contribution in [3.05, 3.63) is 83.4 Å². The molecular formula is C29H32F6N2O5. The maximum absolute atomic E-state index is 12.9. The van der Waals surface area contributed by atoms with Gasteiger partial charge in [-0.15, -0.1) is 13.2 Å². The van der Waals surface area contributed by atoms with Crippen LogP contribution >= 0.6 is 0 Å². The maximum Gasteiger partial charge on any atom is 0.572 e. The van der Waals surface area contributed by atoms with Crippen LogP contribution in [0.3, 0.4) is 0 Å². The first-order valence-corrected chi connectivity index (χ1v) is 12.7. The molecule has 0 fully saturated rings. The van der Waals surface area contributed by atoms with E-state index in [1.165, 1.54) is 18.2 Å². The van der Waals surface area contributed by atoms with Crippen molar-refractivity contribution in [1.29, 1.82) is 5.26 Å². The molecule has 0 aromatic heterocycles. The highest BCUT2D eigenvalue weighted by Crippen LogP contribution is 2.31. The second-order valence-electron chi connectivity index (χ2n) is 9.16. The van der Waals surface area contributed by atoms with E-state index in [2.05, 4.69) is 16.6 Å². The van der Waals surface area contributed by atoms with Crippen molar-refractivity contribution in [3.8, 4) is 6.07 Å². The third kappa shape index (κ3) is 13.0. The summed E-state index contributed by atoms with van der Waals surface area (Å²) in [6.07, 6.45) is -6.32. The topological polar surface area (TPSA) is 109 Å². The molecule has 2 N–H and O–H groups in total. The average molecular weight is 603 g/mol. The van der Waals surface area contributed by atoms with Gasteiger partial charge in [0.2, 0.25) is 0 Å². The smallest absolute Gasteiger partial charge is 0.493 e. The molecular weight excluding hydrogens is 570 g/mol. The van der Waals surface area contributed by atoms with Crippen LogP contribution in [0.15, 0.2) is 72.2 Å². The number of hydrogen-bond acceptors (Lipinski definition) is 5. The summed E-state index contributed by atoms with van der Waals surface area (Å²) in [7, 11) is 0. The van der Waals surface area contributed by atoms with Crippen molar-refractivity contribution in [2.75, 3.05) is 6.54 Å². The van der Waals surface area contributed by atoms with Gasteiger partial charge in [-0.2, -0.15) is 18.4 Å². The molecule has 1 aromatic carbocycles. The second kappa shape index (κ2) is 16.3. The second-order valence-corrected chi connectivity index (χ2v) is 9.16. The lowest BCUT2D eigenvalue weighted by atomic mass is 9.88. The maximum atomic E-state index is 12.9. The van der Waals surface area contributed by atoms with E-state index in [1.54, 1.807) is 32.0 Å². The molecule has 0 saturated carbocycles. The highest BCUT2D eigenvalue weighted by atomic mass is 19.4. The Morgan fingerprint density at radius 3 is 2.26 bits per heavy atom. The van der Waals surface area contributed by atoms with E-state index in [0.717, 1.165) is 25.3 Å². The predicted octanol–water partition coefficient (Wildman–Crippen LogP) is 7.32. The van der Waals surface area contributed by atoms with Crippen molar-refractivity contribution >= 4 is 11.9 Å². The molecule has 0 radical (unpaired) electrons. The van der Waals surface area contributed by atoms with Crippen LogP contribution in [0.1, 0.15) is 61.9 Å². The number of carboxylic acids is 1. The van der Waals surface area contributed by atoms with Gasteiger partial charge in [-0.25, -0.2) is 0 Å². The Balaban J connectivity index is 3.29. The lowest BCUT2D eigenvalue weighted by Gasteiger charge is -2.26. The molecule has 1 aromatic rings. The fourth-order valence-corrected chi connectivity index (χ4v) is 3.64. The molecule has 1 amide bonds. The third-order valence-corrected chi connectivity index (χ3v) is 5.93. The van der Waals surface area contributed by atoms with Crippen LogP contribution in [0.5, 0.6) is 0 Å². The molecule has 42 heavy (non-hydrogen) atoms. The summed E-state index contributed by atoms with van der Waals surface area (Å²) >= 11 is 0. The normalized spacial score (nSPS) is 15.0. The molecule has 1 rings (SSSR count). The number of carbonyl (C=O) groups excluding carboxylic acids is 1. The van der Waals surface area contributed by atoms with Gasteiger partial charge in [0.15, 0.2) is 0 Å². The van der Waals surface area contributed by atoms with Crippen LogP contribution in [0.4, 0.5) is 26.3 Å². The first kappa shape index (κ1) is 35.8. The summed E-state index contributed by atoms with van der Waals surface area (Å²) in [4.78, 5) is 22.9. The number of rotatable bonds is 15. The lowest BCUT2D eigenvalue weighted by Crippen LogP contribution is -2.26. The fraction of sp³-hybridized carbons (Fsp3) is 0.414. The molecule has 0 aliphatic rings. The summed E-state index contributed by atoms with van der Waals surface area (Å²) in [5, 5.41) is 20.5. The minimum atomic E-state index is -4.89. The van der Waals surface area contributed by atoms with Gasteiger partial charge in [-0.3, -0.25) is 9.59 Å². The minimum absolute atomic E-state index is 0.0653. The largest absolute Gasteiger partial charge is 0.572 e. The van der Waals surface area contributed by atoms with Gasteiger partial charge in [-0.1, -0.05) is 38.6 Å².